The molecular formula is C9H9Cl2O4P. The molecule has 0 spiro atoms. The summed E-state index contributed by atoms with van der Waals surface area (Å²) >= 11 is 10.6. The quantitative estimate of drug-likeness (QED) is 0.837. The summed E-state index contributed by atoms with van der Waals surface area (Å²) in [5.74, 6) is -0.674. The highest BCUT2D eigenvalue weighted by Crippen LogP contribution is 2.57. The number of carbonyl (C=O) groups is 1. The molecule has 7 heteroatoms. The topological polar surface area (TPSA) is 63.6 Å². The van der Waals surface area contributed by atoms with Crippen molar-refractivity contribution in [3.05, 3.63) is 29.8 Å². The van der Waals surface area contributed by atoms with Crippen molar-refractivity contribution in [2.24, 2.45) is 0 Å². The summed E-state index contributed by atoms with van der Waals surface area (Å²) in [5, 5.41) is 8.55. The normalized spacial score (nSPS) is 11.1. The number of rotatable bonds is 5. The summed E-state index contributed by atoms with van der Waals surface area (Å²) in [6.45, 7) is 0. The molecule has 0 aliphatic rings. The summed E-state index contributed by atoms with van der Waals surface area (Å²) in [7, 11) is 0. The van der Waals surface area contributed by atoms with Crippen molar-refractivity contribution in [1.82, 2.24) is 0 Å². The lowest BCUT2D eigenvalue weighted by Gasteiger charge is -2.10. The van der Waals surface area contributed by atoms with E-state index >= 15 is 0 Å². The third-order valence-corrected chi connectivity index (χ3v) is 2.61. The SMILES string of the molecule is O=C(O)CCc1ccccc1OP(=O)(Cl)Cl. The molecule has 1 aromatic carbocycles. The Morgan fingerprint density at radius 2 is 2.00 bits per heavy atom. The van der Waals surface area contributed by atoms with Crippen LogP contribution in [0.15, 0.2) is 24.3 Å². The Morgan fingerprint density at radius 1 is 1.38 bits per heavy atom. The third kappa shape index (κ3) is 4.88. The number of hydrogen-bond donors (Lipinski definition) is 1. The first-order valence-electron chi connectivity index (χ1n) is 4.37. The van der Waals surface area contributed by atoms with E-state index in [9.17, 15) is 9.36 Å². The van der Waals surface area contributed by atoms with E-state index < -0.39 is 12.0 Å². The van der Waals surface area contributed by atoms with E-state index in [4.69, 9.17) is 32.1 Å². The zero-order valence-corrected chi connectivity index (χ0v) is 10.5. The maximum Gasteiger partial charge on any atom is 0.428 e. The molecule has 0 saturated carbocycles. The number of aryl methyl sites for hydroxylation is 1. The van der Waals surface area contributed by atoms with Gasteiger partial charge in [0.2, 0.25) is 0 Å². The fraction of sp³-hybridized carbons (Fsp3) is 0.222. The van der Waals surface area contributed by atoms with Gasteiger partial charge in [0.25, 0.3) is 0 Å². The van der Waals surface area contributed by atoms with Crippen LogP contribution in [0.1, 0.15) is 12.0 Å². The molecule has 1 N–H and O–H groups in total. The summed E-state index contributed by atoms with van der Waals surface area (Å²) in [6, 6.07) is 6.58. The van der Waals surface area contributed by atoms with Crippen LogP contribution in [0.2, 0.25) is 0 Å². The van der Waals surface area contributed by atoms with E-state index in [1.165, 1.54) is 6.07 Å². The minimum absolute atomic E-state index is 0.0464. The van der Waals surface area contributed by atoms with Crippen LogP contribution in [-0.4, -0.2) is 11.1 Å². The highest BCUT2D eigenvalue weighted by Gasteiger charge is 2.18. The van der Waals surface area contributed by atoms with Gasteiger partial charge in [-0.3, -0.25) is 4.79 Å². The summed E-state index contributed by atoms with van der Waals surface area (Å²) < 4.78 is 15.9. The number of hydrogen-bond acceptors (Lipinski definition) is 3. The van der Waals surface area contributed by atoms with Crippen molar-refractivity contribution in [3.8, 4) is 5.75 Å². The molecule has 1 aromatic rings. The van der Waals surface area contributed by atoms with Gasteiger partial charge >= 0.3 is 12.0 Å². The Hall–Kier alpha value is -0.700. The van der Waals surface area contributed by atoms with Crippen LogP contribution in [0.25, 0.3) is 0 Å². The molecule has 0 fully saturated rings. The van der Waals surface area contributed by atoms with Gasteiger partial charge in [-0.15, -0.1) is 0 Å². The van der Waals surface area contributed by atoms with Gasteiger partial charge in [-0.25, -0.2) is 4.57 Å². The summed E-state index contributed by atoms with van der Waals surface area (Å²) in [6.07, 6.45) is -3.45. The van der Waals surface area contributed by atoms with Crippen molar-refractivity contribution in [2.75, 3.05) is 0 Å². The van der Waals surface area contributed by atoms with Gasteiger partial charge in [-0.1, -0.05) is 18.2 Å². The van der Waals surface area contributed by atoms with Crippen LogP contribution in [0.4, 0.5) is 0 Å². The Kier molecular flexibility index (Phi) is 4.66. The molecule has 0 aromatic heterocycles. The zero-order valence-electron chi connectivity index (χ0n) is 8.10. The number of carboxylic acids is 1. The lowest BCUT2D eigenvalue weighted by atomic mass is 10.1. The number of halogens is 2. The molecule has 0 radical (unpaired) electrons. The fourth-order valence-electron chi connectivity index (χ4n) is 1.16. The summed E-state index contributed by atoms with van der Waals surface area (Å²) in [5.41, 5.74) is 0.603. The van der Waals surface area contributed by atoms with E-state index in [2.05, 4.69) is 0 Å². The Balaban J connectivity index is 2.83. The monoisotopic (exact) mass is 282 g/mol. The molecule has 0 unspecified atom stereocenters. The Labute approximate surface area is 102 Å². The molecule has 0 atom stereocenters. The number of aliphatic carboxylic acids is 1. The van der Waals surface area contributed by atoms with E-state index in [1.807, 2.05) is 0 Å². The molecule has 0 bridgehead atoms. The van der Waals surface area contributed by atoms with Crippen molar-refractivity contribution < 1.29 is 19.0 Å². The number of para-hydroxylation sites is 1. The van der Waals surface area contributed by atoms with Crippen molar-refractivity contribution in [2.45, 2.75) is 12.8 Å². The van der Waals surface area contributed by atoms with Gasteiger partial charge < -0.3 is 9.63 Å². The van der Waals surface area contributed by atoms with Crippen LogP contribution in [0.3, 0.4) is 0 Å². The minimum atomic E-state index is -3.66. The largest absolute Gasteiger partial charge is 0.481 e. The van der Waals surface area contributed by atoms with E-state index in [-0.39, 0.29) is 18.6 Å². The van der Waals surface area contributed by atoms with Gasteiger partial charge in [-0.05, 0) is 18.1 Å². The molecule has 4 nitrogen and oxygen atoms in total. The molecule has 16 heavy (non-hydrogen) atoms. The second-order valence-electron chi connectivity index (χ2n) is 3.01. The maximum absolute atomic E-state index is 11.1. The van der Waals surface area contributed by atoms with Crippen LogP contribution in [0.5, 0.6) is 5.75 Å². The second kappa shape index (κ2) is 5.58. The first-order chi connectivity index (χ1) is 7.38. The van der Waals surface area contributed by atoms with Crippen LogP contribution in [0, 0.1) is 0 Å². The molecule has 1 rings (SSSR count). The molecule has 88 valence electrons. The Bertz CT molecular complexity index is 429. The van der Waals surface area contributed by atoms with Crippen molar-refractivity contribution >= 4 is 34.5 Å². The molecule has 0 heterocycles. The first-order valence-corrected chi connectivity index (χ1v) is 7.80. The minimum Gasteiger partial charge on any atom is -0.481 e. The average molecular weight is 283 g/mol. The fourth-order valence-corrected chi connectivity index (χ4v) is 2.01. The average Bonchev–Trinajstić information content (AvgIpc) is 2.14. The number of benzene rings is 1. The van der Waals surface area contributed by atoms with Gasteiger partial charge in [0.1, 0.15) is 5.75 Å². The van der Waals surface area contributed by atoms with E-state index in [1.54, 1.807) is 18.2 Å². The smallest absolute Gasteiger partial charge is 0.428 e. The standard InChI is InChI=1S/C9H9Cl2O4P/c10-16(11,14)15-8-4-2-1-3-7(8)5-6-9(12)13/h1-4H,5-6H2,(H,12,13). The molecule has 0 saturated heterocycles. The van der Waals surface area contributed by atoms with Crippen molar-refractivity contribution in [1.29, 1.82) is 0 Å². The van der Waals surface area contributed by atoms with Crippen LogP contribution < -0.4 is 4.52 Å². The third-order valence-electron chi connectivity index (χ3n) is 1.79. The molecular weight excluding hydrogens is 274 g/mol. The lowest BCUT2D eigenvalue weighted by molar-refractivity contribution is -0.136. The molecule has 0 aliphatic carbocycles. The van der Waals surface area contributed by atoms with Crippen LogP contribution in [-0.2, 0) is 15.8 Å². The second-order valence-corrected chi connectivity index (χ2v) is 7.21. The predicted molar refractivity (Wildman–Crippen MR) is 62.3 cm³/mol. The lowest BCUT2D eigenvalue weighted by Crippen LogP contribution is -1.99. The van der Waals surface area contributed by atoms with Gasteiger partial charge in [0, 0.05) is 28.9 Å². The maximum atomic E-state index is 11.1. The van der Waals surface area contributed by atoms with Gasteiger partial charge in [0.05, 0.1) is 0 Å². The molecule has 0 aliphatic heterocycles. The number of carboxylic acid groups (broad SMARTS) is 1. The van der Waals surface area contributed by atoms with Gasteiger partial charge in [0.15, 0.2) is 0 Å². The highest BCUT2D eigenvalue weighted by atomic mass is 35.9. The van der Waals surface area contributed by atoms with E-state index in [0.29, 0.717) is 5.56 Å². The summed E-state index contributed by atoms with van der Waals surface area (Å²) in [4.78, 5) is 10.4. The molecule has 0 amide bonds. The Morgan fingerprint density at radius 3 is 2.56 bits per heavy atom. The van der Waals surface area contributed by atoms with Gasteiger partial charge in [-0.2, -0.15) is 0 Å². The highest BCUT2D eigenvalue weighted by molar-refractivity contribution is 8.05. The first kappa shape index (κ1) is 13.4. The van der Waals surface area contributed by atoms with Crippen LogP contribution >= 0.6 is 28.6 Å². The van der Waals surface area contributed by atoms with E-state index in [0.717, 1.165) is 0 Å². The zero-order chi connectivity index (χ0) is 12.2. The predicted octanol–water partition coefficient (Wildman–Crippen LogP) is 3.67. The van der Waals surface area contributed by atoms with Crippen molar-refractivity contribution in [3.63, 3.8) is 0 Å².